The van der Waals surface area contributed by atoms with Crippen LogP contribution in [0.4, 0.5) is 5.69 Å². The minimum absolute atomic E-state index is 0.129. The molecular weight excluding hydrogens is 436 g/mol. The summed E-state index contributed by atoms with van der Waals surface area (Å²) in [4.78, 5) is 17.1. The summed E-state index contributed by atoms with van der Waals surface area (Å²) in [6.07, 6.45) is 5.20. The summed E-state index contributed by atoms with van der Waals surface area (Å²) >= 11 is 0. The molecule has 0 aliphatic carbocycles. The van der Waals surface area contributed by atoms with Crippen molar-refractivity contribution < 1.29 is 13.2 Å². The van der Waals surface area contributed by atoms with Crippen molar-refractivity contribution in [3.8, 4) is 5.69 Å². The summed E-state index contributed by atoms with van der Waals surface area (Å²) in [7, 11) is -3.93. The van der Waals surface area contributed by atoms with Crippen LogP contribution in [0.1, 0.15) is 11.1 Å². The molecule has 0 saturated heterocycles. The molecule has 0 atom stereocenters. The first-order valence-corrected chi connectivity index (χ1v) is 11.9. The molecule has 0 bridgehead atoms. The number of aryl methyl sites for hydroxylation is 1. The van der Waals surface area contributed by atoms with Crippen LogP contribution in [0.15, 0.2) is 102 Å². The van der Waals surface area contributed by atoms with Crippen LogP contribution in [0, 0.1) is 6.92 Å². The molecule has 0 unspecified atom stereocenters. The molecule has 4 rings (SSSR count). The number of hydrogen-bond acceptors (Lipinski definition) is 4. The smallest absolute Gasteiger partial charge is 0.264 e. The van der Waals surface area contributed by atoms with Gasteiger partial charge in [0, 0.05) is 18.9 Å². The van der Waals surface area contributed by atoms with Gasteiger partial charge in [-0.25, -0.2) is 13.4 Å². The molecule has 3 aromatic carbocycles. The van der Waals surface area contributed by atoms with Gasteiger partial charge in [-0.05, 0) is 42.8 Å². The number of carbonyl (C=O) groups excluding carboxylic acids is 1. The molecule has 8 heteroatoms. The quantitative estimate of drug-likeness (QED) is 0.435. The molecule has 1 heterocycles. The Balaban J connectivity index is 1.56. The largest absolute Gasteiger partial charge is 0.350 e. The minimum atomic E-state index is -3.93. The fraction of sp³-hybridized carbons (Fsp3) is 0.120. The zero-order chi connectivity index (χ0) is 23.3. The third-order valence-corrected chi connectivity index (χ3v) is 6.98. The van der Waals surface area contributed by atoms with E-state index in [1.54, 1.807) is 42.9 Å². The van der Waals surface area contributed by atoms with Crippen molar-refractivity contribution in [3.63, 3.8) is 0 Å². The average Bonchev–Trinajstić information content (AvgIpc) is 3.37. The van der Waals surface area contributed by atoms with E-state index in [9.17, 15) is 13.2 Å². The van der Waals surface area contributed by atoms with Crippen molar-refractivity contribution in [3.05, 3.63) is 109 Å². The second kappa shape index (κ2) is 9.70. The molecule has 1 N–H and O–H groups in total. The maximum atomic E-state index is 13.4. The third kappa shape index (κ3) is 5.12. The monoisotopic (exact) mass is 460 g/mol. The van der Waals surface area contributed by atoms with Gasteiger partial charge in [-0.2, -0.15) is 0 Å². The molecule has 1 amide bonds. The van der Waals surface area contributed by atoms with Gasteiger partial charge < -0.3 is 9.88 Å². The lowest BCUT2D eigenvalue weighted by atomic mass is 10.1. The first-order chi connectivity index (χ1) is 15.9. The highest BCUT2D eigenvalue weighted by atomic mass is 32.2. The summed E-state index contributed by atoms with van der Waals surface area (Å²) < 4.78 is 29.7. The van der Waals surface area contributed by atoms with E-state index in [2.05, 4.69) is 10.3 Å². The molecule has 168 valence electrons. The molecule has 0 radical (unpaired) electrons. The fourth-order valence-corrected chi connectivity index (χ4v) is 4.88. The van der Waals surface area contributed by atoms with Crippen LogP contribution in [-0.2, 0) is 21.4 Å². The molecule has 7 nitrogen and oxygen atoms in total. The van der Waals surface area contributed by atoms with Gasteiger partial charge in [0.25, 0.3) is 10.0 Å². The van der Waals surface area contributed by atoms with Crippen LogP contribution in [-0.4, -0.2) is 30.4 Å². The van der Waals surface area contributed by atoms with E-state index in [4.69, 9.17) is 0 Å². The van der Waals surface area contributed by atoms with Crippen LogP contribution >= 0.6 is 0 Å². The van der Waals surface area contributed by atoms with Crippen molar-refractivity contribution in [2.75, 3.05) is 10.8 Å². The van der Waals surface area contributed by atoms with E-state index < -0.39 is 15.9 Å². The van der Waals surface area contributed by atoms with Crippen molar-refractivity contribution in [1.29, 1.82) is 0 Å². The van der Waals surface area contributed by atoms with Gasteiger partial charge in [0.05, 0.1) is 22.6 Å². The zero-order valence-electron chi connectivity index (χ0n) is 18.1. The fourth-order valence-electron chi connectivity index (χ4n) is 3.44. The number of para-hydroxylation sites is 1. The predicted molar refractivity (Wildman–Crippen MR) is 128 cm³/mol. The van der Waals surface area contributed by atoms with Gasteiger partial charge in [0.2, 0.25) is 5.91 Å². The Labute approximate surface area is 193 Å². The van der Waals surface area contributed by atoms with Crippen molar-refractivity contribution >= 4 is 21.6 Å². The van der Waals surface area contributed by atoms with Crippen LogP contribution in [0.2, 0.25) is 0 Å². The van der Waals surface area contributed by atoms with Gasteiger partial charge in [0.15, 0.2) is 0 Å². The molecule has 0 aliphatic rings. The number of imidazole rings is 1. The maximum Gasteiger partial charge on any atom is 0.264 e. The maximum absolute atomic E-state index is 13.4. The Morgan fingerprint density at radius 1 is 0.970 bits per heavy atom. The van der Waals surface area contributed by atoms with Gasteiger partial charge in [-0.3, -0.25) is 9.10 Å². The average molecular weight is 461 g/mol. The summed E-state index contributed by atoms with van der Waals surface area (Å²) in [5, 5.41) is 2.86. The normalized spacial score (nSPS) is 11.2. The van der Waals surface area contributed by atoms with Crippen LogP contribution in [0.5, 0.6) is 0 Å². The second-order valence-corrected chi connectivity index (χ2v) is 9.40. The molecule has 1 aromatic heterocycles. The highest BCUT2D eigenvalue weighted by Crippen LogP contribution is 2.24. The number of hydrogen-bond donors (Lipinski definition) is 1. The number of benzene rings is 3. The number of nitrogens with one attached hydrogen (secondary N) is 1. The van der Waals surface area contributed by atoms with Crippen molar-refractivity contribution in [2.45, 2.75) is 18.4 Å². The number of amides is 1. The predicted octanol–water partition coefficient (Wildman–Crippen LogP) is 3.69. The molecule has 0 aliphatic heterocycles. The Morgan fingerprint density at radius 3 is 2.36 bits per heavy atom. The molecule has 33 heavy (non-hydrogen) atoms. The molecule has 0 fully saturated rings. The van der Waals surface area contributed by atoms with E-state index in [0.717, 1.165) is 21.1 Å². The third-order valence-electron chi connectivity index (χ3n) is 5.19. The molecule has 4 aromatic rings. The van der Waals surface area contributed by atoms with E-state index in [0.29, 0.717) is 5.69 Å². The Kier molecular flexibility index (Phi) is 6.55. The zero-order valence-corrected chi connectivity index (χ0v) is 18.9. The summed E-state index contributed by atoms with van der Waals surface area (Å²) in [6, 6.07) is 22.8. The summed E-state index contributed by atoms with van der Waals surface area (Å²) in [6.45, 7) is 1.83. The highest BCUT2D eigenvalue weighted by Gasteiger charge is 2.27. The van der Waals surface area contributed by atoms with E-state index in [1.807, 2.05) is 54.1 Å². The van der Waals surface area contributed by atoms with Gasteiger partial charge in [-0.15, -0.1) is 0 Å². The summed E-state index contributed by atoms with van der Waals surface area (Å²) in [5.74, 6) is -0.407. The Hall–Kier alpha value is -3.91. The topological polar surface area (TPSA) is 84.3 Å². The standard InChI is InChI=1S/C25H24N4O3S/c1-20-11-13-22(14-12-20)29(33(31,32)23-8-3-2-4-9-23)18-25(30)27-17-21-7-5-6-10-24(21)28-16-15-26-19-28/h2-16,19H,17-18H2,1H3,(H,27,30). The molecule has 0 spiro atoms. The highest BCUT2D eigenvalue weighted by molar-refractivity contribution is 7.92. The summed E-state index contributed by atoms with van der Waals surface area (Å²) in [5.41, 5.74) is 3.20. The number of anilines is 1. The van der Waals surface area contributed by atoms with E-state index >= 15 is 0 Å². The van der Waals surface area contributed by atoms with Gasteiger partial charge in [-0.1, -0.05) is 54.1 Å². The SMILES string of the molecule is Cc1ccc(N(CC(=O)NCc2ccccc2-n2ccnc2)S(=O)(=O)c2ccccc2)cc1. The Morgan fingerprint density at radius 2 is 1.67 bits per heavy atom. The lowest BCUT2D eigenvalue weighted by Gasteiger charge is -2.24. The first-order valence-electron chi connectivity index (χ1n) is 10.4. The Bertz CT molecular complexity index is 1320. The molecular formula is C25H24N4O3S. The van der Waals surface area contributed by atoms with E-state index in [1.165, 1.54) is 12.1 Å². The van der Waals surface area contributed by atoms with Crippen LogP contribution in [0.25, 0.3) is 5.69 Å². The van der Waals surface area contributed by atoms with Gasteiger partial charge >= 0.3 is 0 Å². The van der Waals surface area contributed by atoms with Crippen LogP contribution < -0.4 is 9.62 Å². The number of aromatic nitrogens is 2. The van der Waals surface area contributed by atoms with Crippen molar-refractivity contribution in [2.24, 2.45) is 0 Å². The number of nitrogens with zero attached hydrogens (tertiary/aromatic N) is 3. The van der Waals surface area contributed by atoms with Crippen molar-refractivity contribution in [1.82, 2.24) is 14.9 Å². The lowest BCUT2D eigenvalue weighted by molar-refractivity contribution is -0.119. The van der Waals surface area contributed by atoms with E-state index in [-0.39, 0.29) is 18.0 Å². The minimum Gasteiger partial charge on any atom is -0.350 e. The van der Waals surface area contributed by atoms with Gasteiger partial charge in [0.1, 0.15) is 6.54 Å². The molecule has 0 saturated carbocycles. The first kappa shape index (κ1) is 22.3. The number of rotatable bonds is 8. The lowest BCUT2D eigenvalue weighted by Crippen LogP contribution is -2.40. The number of sulfonamides is 1. The van der Waals surface area contributed by atoms with Crippen LogP contribution in [0.3, 0.4) is 0 Å². The number of carbonyl (C=O) groups is 1. The second-order valence-electron chi connectivity index (χ2n) is 7.54.